The van der Waals surface area contributed by atoms with Crippen LogP contribution in [0.4, 0.5) is 11.4 Å². The van der Waals surface area contributed by atoms with Gasteiger partial charge in [-0.3, -0.25) is 0 Å². The Morgan fingerprint density at radius 1 is 0.773 bits per heavy atom. The second-order valence-electron chi connectivity index (χ2n) is 5.17. The lowest BCUT2D eigenvalue weighted by Gasteiger charge is -2.08. The monoisotopic (exact) mass is 290 g/mol. The molecule has 110 valence electrons. The molecule has 0 heterocycles. The van der Waals surface area contributed by atoms with E-state index in [1.54, 1.807) is 7.11 Å². The number of nitrogens with two attached hydrogens (primary N) is 2. The third-order valence-corrected chi connectivity index (χ3v) is 3.61. The minimum atomic E-state index is 0.530. The van der Waals surface area contributed by atoms with Gasteiger partial charge < -0.3 is 16.2 Å². The second-order valence-corrected chi connectivity index (χ2v) is 5.17. The predicted octanol–water partition coefficient (Wildman–Crippen LogP) is 4.18. The van der Waals surface area contributed by atoms with Crippen LogP contribution in [0.1, 0.15) is 11.1 Å². The summed E-state index contributed by atoms with van der Waals surface area (Å²) in [6, 6.07) is 18.4. The van der Waals surface area contributed by atoms with Crippen LogP contribution < -0.4 is 16.2 Å². The molecule has 0 aliphatic carbocycles. The van der Waals surface area contributed by atoms with Crippen molar-refractivity contribution >= 4 is 34.3 Å². The fourth-order valence-corrected chi connectivity index (χ4v) is 2.53. The molecule has 0 radical (unpaired) electrons. The fourth-order valence-electron chi connectivity index (χ4n) is 2.53. The number of hydrogen-bond donors (Lipinski definition) is 2. The van der Waals surface area contributed by atoms with Crippen molar-refractivity contribution < 1.29 is 4.74 Å². The molecule has 3 heteroatoms. The topological polar surface area (TPSA) is 61.3 Å². The molecular formula is C19H18N2O. The second kappa shape index (κ2) is 5.82. The van der Waals surface area contributed by atoms with Crippen LogP contribution in [0.15, 0.2) is 54.6 Å². The van der Waals surface area contributed by atoms with E-state index in [4.69, 9.17) is 16.2 Å². The van der Waals surface area contributed by atoms with Crippen molar-refractivity contribution in [1.82, 2.24) is 0 Å². The van der Waals surface area contributed by atoms with Crippen molar-refractivity contribution in [2.45, 2.75) is 0 Å². The van der Waals surface area contributed by atoms with Crippen molar-refractivity contribution in [3.63, 3.8) is 0 Å². The van der Waals surface area contributed by atoms with Crippen molar-refractivity contribution in [1.29, 1.82) is 0 Å². The smallest absolute Gasteiger partial charge is 0.164 e. The molecule has 3 aromatic carbocycles. The number of benzene rings is 3. The molecule has 0 amide bonds. The maximum Gasteiger partial charge on any atom is 0.164 e. The molecule has 0 unspecified atom stereocenters. The highest BCUT2D eigenvalue weighted by Crippen LogP contribution is 2.30. The van der Waals surface area contributed by atoms with Crippen LogP contribution in [0.25, 0.3) is 22.9 Å². The molecule has 22 heavy (non-hydrogen) atoms. The number of anilines is 2. The molecule has 0 aliphatic rings. The molecular weight excluding hydrogens is 272 g/mol. The van der Waals surface area contributed by atoms with E-state index in [0.717, 1.165) is 11.1 Å². The summed E-state index contributed by atoms with van der Waals surface area (Å²) in [6.07, 6.45) is 4.05. The molecule has 4 N–H and O–H groups in total. The van der Waals surface area contributed by atoms with Gasteiger partial charge in [-0.05, 0) is 40.1 Å². The maximum atomic E-state index is 5.94. The van der Waals surface area contributed by atoms with Gasteiger partial charge in [-0.15, -0.1) is 0 Å². The molecule has 0 fully saturated rings. The van der Waals surface area contributed by atoms with Crippen LogP contribution >= 0.6 is 0 Å². The summed E-state index contributed by atoms with van der Waals surface area (Å²) >= 11 is 0. The molecule has 3 nitrogen and oxygen atoms in total. The Balaban J connectivity index is 1.92. The van der Waals surface area contributed by atoms with Crippen molar-refractivity contribution in [2.24, 2.45) is 0 Å². The first-order chi connectivity index (χ1) is 10.7. The SMILES string of the molecule is COc1c(N)cc(/C=C\c2ccc3ccccc3c2)cc1N. The molecule has 0 saturated carbocycles. The summed E-state index contributed by atoms with van der Waals surface area (Å²) in [7, 11) is 1.56. The van der Waals surface area contributed by atoms with Crippen LogP contribution in [0.3, 0.4) is 0 Å². The zero-order valence-electron chi connectivity index (χ0n) is 12.4. The van der Waals surface area contributed by atoms with E-state index < -0.39 is 0 Å². The van der Waals surface area contributed by atoms with Gasteiger partial charge in [0.25, 0.3) is 0 Å². The van der Waals surface area contributed by atoms with E-state index in [2.05, 4.69) is 30.3 Å². The summed E-state index contributed by atoms with van der Waals surface area (Å²) in [5, 5.41) is 2.45. The third kappa shape index (κ3) is 2.74. The van der Waals surface area contributed by atoms with Crippen LogP contribution in [-0.4, -0.2) is 7.11 Å². The molecule has 0 aliphatic heterocycles. The van der Waals surface area contributed by atoms with Gasteiger partial charge in [-0.25, -0.2) is 0 Å². The standard InChI is InChI=1S/C19H18N2O/c1-22-19-17(20)11-14(12-18(19)21)7-6-13-8-9-15-4-2-3-5-16(15)10-13/h2-12H,20-21H2,1H3/b7-6-. The molecule has 3 aromatic rings. The summed E-state index contributed by atoms with van der Waals surface area (Å²) in [5.74, 6) is 0.530. The molecule has 0 saturated heterocycles. The molecule has 0 spiro atoms. The first-order valence-electron chi connectivity index (χ1n) is 7.07. The summed E-state index contributed by atoms with van der Waals surface area (Å²) < 4.78 is 5.17. The highest BCUT2D eigenvalue weighted by Gasteiger charge is 2.05. The lowest BCUT2D eigenvalue weighted by atomic mass is 10.1. The molecule has 0 aromatic heterocycles. The lowest BCUT2D eigenvalue weighted by molar-refractivity contribution is 0.419. The summed E-state index contributed by atoms with van der Waals surface area (Å²) in [6.45, 7) is 0. The highest BCUT2D eigenvalue weighted by molar-refractivity contribution is 5.86. The van der Waals surface area contributed by atoms with E-state index in [1.165, 1.54) is 10.8 Å². The van der Waals surface area contributed by atoms with Gasteiger partial charge >= 0.3 is 0 Å². The van der Waals surface area contributed by atoms with E-state index in [0.29, 0.717) is 17.1 Å². The number of nitrogen functional groups attached to an aromatic ring is 2. The van der Waals surface area contributed by atoms with Crippen LogP contribution in [0.2, 0.25) is 0 Å². The highest BCUT2D eigenvalue weighted by atomic mass is 16.5. The van der Waals surface area contributed by atoms with Gasteiger partial charge in [0.05, 0.1) is 18.5 Å². The maximum absolute atomic E-state index is 5.94. The van der Waals surface area contributed by atoms with E-state index >= 15 is 0 Å². The molecule has 3 rings (SSSR count). The number of hydrogen-bond acceptors (Lipinski definition) is 3. The van der Waals surface area contributed by atoms with Gasteiger partial charge in [-0.1, -0.05) is 48.6 Å². The Morgan fingerprint density at radius 3 is 2.09 bits per heavy atom. The van der Waals surface area contributed by atoms with Crippen LogP contribution in [0, 0.1) is 0 Å². The van der Waals surface area contributed by atoms with Gasteiger partial charge in [0, 0.05) is 0 Å². The normalized spacial score (nSPS) is 11.1. The predicted molar refractivity (Wildman–Crippen MR) is 94.7 cm³/mol. The quantitative estimate of drug-likeness (QED) is 0.562. The Labute approximate surface area is 129 Å². The molecule has 0 bridgehead atoms. The average molecular weight is 290 g/mol. The van der Waals surface area contributed by atoms with Gasteiger partial charge in [0.2, 0.25) is 0 Å². The van der Waals surface area contributed by atoms with E-state index in [1.807, 2.05) is 36.4 Å². The Morgan fingerprint density at radius 2 is 1.41 bits per heavy atom. The van der Waals surface area contributed by atoms with E-state index in [9.17, 15) is 0 Å². The number of fused-ring (bicyclic) bond motifs is 1. The fraction of sp³-hybridized carbons (Fsp3) is 0.0526. The largest absolute Gasteiger partial charge is 0.492 e. The number of ether oxygens (including phenoxy) is 1. The van der Waals surface area contributed by atoms with Gasteiger partial charge in [0.1, 0.15) is 0 Å². The number of methoxy groups -OCH3 is 1. The summed E-state index contributed by atoms with van der Waals surface area (Å²) in [5.41, 5.74) is 15.0. The zero-order valence-corrected chi connectivity index (χ0v) is 12.4. The minimum Gasteiger partial charge on any atom is -0.492 e. The zero-order chi connectivity index (χ0) is 15.5. The Kier molecular flexibility index (Phi) is 3.71. The number of rotatable bonds is 3. The Hall–Kier alpha value is -2.94. The third-order valence-electron chi connectivity index (χ3n) is 3.61. The van der Waals surface area contributed by atoms with Crippen LogP contribution in [0.5, 0.6) is 5.75 Å². The minimum absolute atomic E-state index is 0.530. The average Bonchev–Trinajstić information content (AvgIpc) is 2.52. The van der Waals surface area contributed by atoms with E-state index in [-0.39, 0.29) is 0 Å². The molecule has 0 atom stereocenters. The first kappa shape index (κ1) is 14.0. The first-order valence-corrected chi connectivity index (χ1v) is 7.07. The summed E-state index contributed by atoms with van der Waals surface area (Å²) in [4.78, 5) is 0. The van der Waals surface area contributed by atoms with Crippen LogP contribution in [-0.2, 0) is 0 Å². The van der Waals surface area contributed by atoms with Gasteiger partial charge in [0.15, 0.2) is 5.75 Å². The van der Waals surface area contributed by atoms with Crippen molar-refractivity contribution in [3.8, 4) is 5.75 Å². The Bertz CT molecular complexity index is 830. The van der Waals surface area contributed by atoms with Gasteiger partial charge in [-0.2, -0.15) is 0 Å². The lowest BCUT2D eigenvalue weighted by Crippen LogP contribution is -1.98. The van der Waals surface area contributed by atoms with Crippen molar-refractivity contribution in [3.05, 3.63) is 65.7 Å². The van der Waals surface area contributed by atoms with Crippen molar-refractivity contribution in [2.75, 3.05) is 18.6 Å².